The number of H-pyrrole nitrogens is 2. The van der Waals surface area contributed by atoms with Crippen molar-refractivity contribution in [2.24, 2.45) is 0 Å². The van der Waals surface area contributed by atoms with E-state index >= 15 is 0 Å². The van der Waals surface area contributed by atoms with E-state index < -0.39 is 11.4 Å². The van der Waals surface area contributed by atoms with Crippen LogP contribution in [0.15, 0.2) is 42.6 Å². The van der Waals surface area contributed by atoms with E-state index in [2.05, 4.69) is 16.0 Å². The lowest BCUT2D eigenvalue weighted by Crippen LogP contribution is -2.26. The number of rotatable bonds is 6. The number of carboxylic acid groups (broad SMARTS) is 1. The van der Waals surface area contributed by atoms with Crippen LogP contribution in [0.1, 0.15) is 42.1 Å². The summed E-state index contributed by atoms with van der Waals surface area (Å²) in [6.45, 7) is 4.07. The van der Waals surface area contributed by atoms with Crippen molar-refractivity contribution in [1.29, 1.82) is 5.26 Å². The van der Waals surface area contributed by atoms with E-state index in [1.54, 1.807) is 13.2 Å². The summed E-state index contributed by atoms with van der Waals surface area (Å²) >= 11 is 0. The van der Waals surface area contributed by atoms with Crippen molar-refractivity contribution in [2.45, 2.75) is 32.1 Å². The lowest BCUT2D eigenvalue weighted by atomic mass is 9.73. The molecule has 4 rings (SSSR count). The predicted molar refractivity (Wildman–Crippen MR) is 116 cm³/mol. The molecule has 0 spiro atoms. The smallest absolute Gasteiger partial charge is 0.303 e. The lowest BCUT2D eigenvalue weighted by molar-refractivity contribution is -0.137. The molecule has 0 bridgehead atoms. The molecule has 30 heavy (non-hydrogen) atoms. The van der Waals surface area contributed by atoms with Crippen molar-refractivity contribution in [3.05, 3.63) is 65.0 Å². The summed E-state index contributed by atoms with van der Waals surface area (Å²) in [7, 11) is 1.64. The zero-order valence-corrected chi connectivity index (χ0v) is 17.2. The summed E-state index contributed by atoms with van der Waals surface area (Å²) in [5.41, 5.74) is 4.74. The molecule has 2 aromatic carbocycles. The molecule has 0 aliphatic carbocycles. The van der Waals surface area contributed by atoms with Crippen molar-refractivity contribution in [3.8, 4) is 11.8 Å². The number of carboxylic acids is 1. The maximum absolute atomic E-state index is 11.5. The van der Waals surface area contributed by atoms with Gasteiger partial charge in [0, 0.05) is 51.1 Å². The van der Waals surface area contributed by atoms with Gasteiger partial charge in [0.2, 0.25) is 0 Å². The number of carbonyl (C=O) groups is 1. The van der Waals surface area contributed by atoms with Crippen LogP contribution in [-0.4, -0.2) is 28.2 Å². The molecule has 3 N–H and O–H groups in total. The van der Waals surface area contributed by atoms with Gasteiger partial charge in [0.05, 0.1) is 18.7 Å². The molecule has 1 atom stereocenters. The number of ether oxygens (including phenoxy) is 1. The number of aromatic amines is 2. The Hall–Kier alpha value is -3.72. The highest BCUT2D eigenvalue weighted by atomic mass is 16.5. The highest BCUT2D eigenvalue weighted by Crippen LogP contribution is 2.46. The molecule has 0 amide bonds. The van der Waals surface area contributed by atoms with Crippen LogP contribution in [0.3, 0.4) is 0 Å². The fourth-order valence-electron chi connectivity index (χ4n) is 4.36. The van der Waals surface area contributed by atoms with Crippen LogP contribution in [0.5, 0.6) is 5.75 Å². The molecule has 0 saturated heterocycles. The lowest BCUT2D eigenvalue weighted by Gasteiger charge is -2.31. The minimum atomic E-state index is -0.847. The second-order valence-electron chi connectivity index (χ2n) is 7.86. The van der Waals surface area contributed by atoms with E-state index in [-0.39, 0.29) is 6.42 Å². The van der Waals surface area contributed by atoms with Crippen molar-refractivity contribution < 1.29 is 14.6 Å². The molecular weight excluding hydrogens is 378 g/mol. The number of hydrogen-bond acceptors (Lipinski definition) is 3. The van der Waals surface area contributed by atoms with E-state index in [0.717, 1.165) is 44.4 Å². The first-order valence-electron chi connectivity index (χ1n) is 9.77. The Morgan fingerprint density at radius 3 is 2.77 bits per heavy atom. The maximum atomic E-state index is 11.5. The van der Waals surface area contributed by atoms with Gasteiger partial charge < -0.3 is 19.8 Å². The number of aromatic nitrogens is 2. The van der Waals surface area contributed by atoms with Crippen LogP contribution in [0, 0.1) is 18.3 Å². The van der Waals surface area contributed by atoms with Gasteiger partial charge in [-0.3, -0.25) is 4.79 Å². The minimum absolute atomic E-state index is 0.0122. The fraction of sp³-hybridized carbons (Fsp3) is 0.250. The number of benzene rings is 2. The number of nitrogens with zero attached hydrogens (tertiary/aromatic N) is 1. The third-order valence-corrected chi connectivity index (χ3v) is 5.96. The highest BCUT2D eigenvalue weighted by molar-refractivity contribution is 5.90. The third kappa shape index (κ3) is 3.09. The SMILES string of the molecule is COc1cc(C)c2[nH]ccc2c1C(C)(CCC(=O)O)c1cc2cc(C#N)ccc2[nH]1. The highest BCUT2D eigenvalue weighted by Gasteiger charge is 2.36. The number of hydrogen-bond donors (Lipinski definition) is 3. The molecule has 2 heterocycles. The number of nitriles is 1. The van der Waals surface area contributed by atoms with E-state index in [1.807, 2.05) is 50.4 Å². The van der Waals surface area contributed by atoms with E-state index in [1.165, 1.54) is 0 Å². The van der Waals surface area contributed by atoms with Gasteiger partial charge in [0.1, 0.15) is 5.75 Å². The normalized spacial score (nSPS) is 13.3. The zero-order chi connectivity index (χ0) is 21.5. The number of fused-ring (bicyclic) bond motifs is 2. The summed E-state index contributed by atoms with van der Waals surface area (Å²) < 4.78 is 5.77. The Balaban J connectivity index is 2.00. The molecule has 6 heteroatoms. The second-order valence-corrected chi connectivity index (χ2v) is 7.86. The third-order valence-electron chi connectivity index (χ3n) is 5.96. The van der Waals surface area contributed by atoms with Crippen LogP contribution in [0.4, 0.5) is 0 Å². The van der Waals surface area contributed by atoms with Crippen molar-refractivity contribution in [1.82, 2.24) is 9.97 Å². The van der Waals surface area contributed by atoms with E-state index in [0.29, 0.717) is 12.0 Å². The summed E-state index contributed by atoms with van der Waals surface area (Å²) in [5.74, 6) is -0.121. The van der Waals surface area contributed by atoms with E-state index in [4.69, 9.17) is 4.74 Å². The van der Waals surface area contributed by atoms with Crippen LogP contribution < -0.4 is 4.74 Å². The molecule has 6 nitrogen and oxygen atoms in total. The van der Waals surface area contributed by atoms with Crippen LogP contribution in [0.25, 0.3) is 21.8 Å². The van der Waals surface area contributed by atoms with E-state index in [9.17, 15) is 15.2 Å². The monoisotopic (exact) mass is 401 g/mol. The first-order chi connectivity index (χ1) is 14.4. The Kier molecular flexibility index (Phi) is 4.75. The van der Waals surface area contributed by atoms with Gasteiger partial charge in [0.25, 0.3) is 0 Å². The average Bonchev–Trinajstić information content (AvgIpc) is 3.38. The average molecular weight is 401 g/mol. The molecular formula is C24H23N3O3. The Labute approximate surface area is 174 Å². The molecule has 2 aromatic heterocycles. The second kappa shape index (κ2) is 7.27. The molecule has 1 unspecified atom stereocenters. The summed E-state index contributed by atoms with van der Waals surface area (Å²) in [4.78, 5) is 18.3. The first-order valence-corrected chi connectivity index (χ1v) is 9.77. The van der Waals surface area contributed by atoms with Gasteiger partial charge in [-0.25, -0.2) is 0 Å². The fourth-order valence-corrected chi connectivity index (χ4v) is 4.36. The molecule has 0 fully saturated rings. The van der Waals surface area contributed by atoms with Gasteiger partial charge in [-0.05, 0) is 62.2 Å². The molecule has 0 aliphatic rings. The molecule has 152 valence electrons. The Bertz CT molecular complexity index is 1310. The Morgan fingerprint density at radius 2 is 2.07 bits per heavy atom. The molecule has 0 radical (unpaired) electrons. The summed E-state index contributed by atoms with van der Waals surface area (Å²) in [6.07, 6.45) is 2.29. The first kappa shape index (κ1) is 19.6. The topological polar surface area (TPSA) is 102 Å². The summed E-state index contributed by atoms with van der Waals surface area (Å²) in [6, 6.07) is 13.7. The number of nitrogens with one attached hydrogen (secondary N) is 2. The summed E-state index contributed by atoms with van der Waals surface area (Å²) in [5, 5.41) is 20.6. The van der Waals surface area contributed by atoms with Crippen LogP contribution >= 0.6 is 0 Å². The maximum Gasteiger partial charge on any atom is 0.303 e. The zero-order valence-electron chi connectivity index (χ0n) is 17.2. The predicted octanol–water partition coefficient (Wildman–Crippen LogP) is 5.01. The van der Waals surface area contributed by atoms with Gasteiger partial charge >= 0.3 is 5.97 Å². The van der Waals surface area contributed by atoms with Crippen molar-refractivity contribution in [2.75, 3.05) is 7.11 Å². The largest absolute Gasteiger partial charge is 0.496 e. The molecule has 4 aromatic rings. The van der Waals surface area contributed by atoms with Crippen molar-refractivity contribution in [3.63, 3.8) is 0 Å². The van der Waals surface area contributed by atoms with Crippen LogP contribution in [-0.2, 0) is 10.2 Å². The minimum Gasteiger partial charge on any atom is -0.496 e. The van der Waals surface area contributed by atoms with Crippen LogP contribution in [0.2, 0.25) is 0 Å². The number of aryl methyl sites for hydroxylation is 1. The number of methoxy groups -OCH3 is 1. The number of aliphatic carboxylic acids is 1. The van der Waals surface area contributed by atoms with Gasteiger partial charge in [-0.1, -0.05) is 0 Å². The van der Waals surface area contributed by atoms with Gasteiger partial charge in [-0.15, -0.1) is 0 Å². The molecule has 0 aliphatic heterocycles. The quantitative estimate of drug-likeness (QED) is 0.423. The van der Waals surface area contributed by atoms with Crippen molar-refractivity contribution >= 4 is 27.8 Å². The molecule has 0 saturated carbocycles. The van der Waals surface area contributed by atoms with Gasteiger partial charge in [-0.2, -0.15) is 5.26 Å². The van der Waals surface area contributed by atoms with Gasteiger partial charge in [0.15, 0.2) is 0 Å². The standard InChI is InChI=1S/C24H23N3O3/c1-14-10-19(30-3)22(17-7-9-26-23(14)17)24(2,8-6-21(28)29)20-12-16-11-15(13-25)4-5-18(16)27-20/h4-5,7,9-12,26-27H,6,8H2,1-3H3,(H,28,29). The Morgan fingerprint density at radius 1 is 1.27 bits per heavy atom.